The van der Waals surface area contributed by atoms with Crippen LogP contribution in [0.3, 0.4) is 0 Å². The fourth-order valence-electron chi connectivity index (χ4n) is 2.33. The maximum Gasteiger partial charge on any atom is 0.240 e. The number of nitrogens with zero attached hydrogens (tertiary/aromatic N) is 1. The molecule has 0 aliphatic carbocycles. The zero-order valence-electron chi connectivity index (χ0n) is 12.7. The molecular formula is C13H27N3O3S. The fourth-order valence-corrected chi connectivity index (χ4v) is 3.69. The van der Waals surface area contributed by atoms with Gasteiger partial charge in [-0.25, -0.2) is 13.1 Å². The summed E-state index contributed by atoms with van der Waals surface area (Å²) in [4.78, 5) is 13.4. The summed E-state index contributed by atoms with van der Waals surface area (Å²) in [6.45, 7) is 4.98. The van der Waals surface area contributed by atoms with E-state index in [0.717, 1.165) is 25.8 Å². The minimum absolute atomic E-state index is 0.0676. The molecule has 6 nitrogen and oxygen atoms in total. The second-order valence-corrected chi connectivity index (χ2v) is 7.32. The second-order valence-electron chi connectivity index (χ2n) is 5.45. The lowest BCUT2D eigenvalue weighted by molar-refractivity contribution is -0.131. The zero-order valence-corrected chi connectivity index (χ0v) is 13.5. The molecule has 2 N–H and O–H groups in total. The van der Waals surface area contributed by atoms with Crippen LogP contribution in [0.15, 0.2) is 0 Å². The maximum atomic E-state index is 12.0. The van der Waals surface area contributed by atoms with Crippen molar-refractivity contribution in [3.63, 3.8) is 0 Å². The van der Waals surface area contributed by atoms with Crippen LogP contribution in [0.25, 0.3) is 0 Å². The second kappa shape index (κ2) is 7.95. The molecule has 1 fully saturated rings. The quantitative estimate of drug-likeness (QED) is 0.709. The molecule has 1 amide bonds. The molecule has 1 saturated heterocycles. The van der Waals surface area contributed by atoms with Gasteiger partial charge in [-0.1, -0.05) is 6.42 Å². The van der Waals surface area contributed by atoms with E-state index in [1.54, 1.807) is 14.0 Å². The Kier molecular flexibility index (Phi) is 6.91. The van der Waals surface area contributed by atoms with Gasteiger partial charge in [0.25, 0.3) is 0 Å². The summed E-state index contributed by atoms with van der Waals surface area (Å²) in [5.74, 6) is -0.134. The third kappa shape index (κ3) is 5.76. The van der Waals surface area contributed by atoms with Gasteiger partial charge in [-0.2, -0.15) is 0 Å². The lowest BCUT2D eigenvalue weighted by Gasteiger charge is -2.24. The van der Waals surface area contributed by atoms with Gasteiger partial charge < -0.3 is 10.2 Å². The lowest BCUT2D eigenvalue weighted by Crippen LogP contribution is -2.46. The molecule has 2 atom stereocenters. The van der Waals surface area contributed by atoms with E-state index in [0.29, 0.717) is 13.0 Å². The molecule has 0 spiro atoms. The first-order chi connectivity index (χ1) is 9.35. The van der Waals surface area contributed by atoms with Gasteiger partial charge in [-0.15, -0.1) is 0 Å². The number of carbonyl (C=O) groups is 1. The molecule has 1 aliphatic heterocycles. The van der Waals surface area contributed by atoms with Crippen molar-refractivity contribution < 1.29 is 13.2 Å². The maximum absolute atomic E-state index is 12.0. The number of hydrogen-bond acceptors (Lipinski definition) is 4. The molecule has 0 bridgehead atoms. The Labute approximate surface area is 122 Å². The fraction of sp³-hybridized carbons (Fsp3) is 0.923. The monoisotopic (exact) mass is 305 g/mol. The molecule has 1 heterocycles. The van der Waals surface area contributed by atoms with Gasteiger partial charge in [-0.3, -0.25) is 4.79 Å². The van der Waals surface area contributed by atoms with Gasteiger partial charge in [0, 0.05) is 19.6 Å². The molecule has 0 saturated carbocycles. The molecular weight excluding hydrogens is 278 g/mol. The normalized spacial score (nSPS) is 21.4. The number of nitrogens with one attached hydrogen (secondary N) is 2. The van der Waals surface area contributed by atoms with Crippen LogP contribution < -0.4 is 10.0 Å². The van der Waals surface area contributed by atoms with Crippen LogP contribution in [-0.2, 0) is 14.8 Å². The van der Waals surface area contributed by atoms with E-state index < -0.39 is 16.1 Å². The Morgan fingerprint density at radius 1 is 1.45 bits per heavy atom. The standard InChI is InChI=1S/C13H27N3O3S/c1-4-16(3)13(17)11(2)15-20(18,19)10-8-12-7-5-6-9-14-12/h11-12,14-15H,4-10H2,1-3H3. The average molecular weight is 305 g/mol. The van der Waals surface area contributed by atoms with Gasteiger partial charge in [0.05, 0.1) is 11.8 Å². The molecule has 2 unspecified atom stereocenters. The minimum atomic E-state index is -3.40. The highest BCUT2D eigenvalue weighted by Crippen LogP contribution is 2.11. The summed E-state index contributed by atoms with van der Waals surface area (Å²) in [5.41, 5.74) is 0. The molecule has 0 aromatic heterocycles. The van der Waals surface area contributed by atoms with Crippen molar-refractivity contribution in [2.24, 2.45) is 0 Å². The predicted octanol–water partition coefficient (Wildman–Crippen LogP) is 0.305. The van der Waals surface area contributed by atoms with Crippen LogP contribution in [0.5, 0.6) is 0 Å². The highest BCUT2D eigenvalue weighted by Gasteiger charge is 2.23. The summed E-state index contributed by atoms with van der Waals surface area (Å²) in [5, 5.41) is 3.33. The van der Waals surface area contributed by atoms with Gasteiger partial charge in [0.1, 0.15) is 0 Å². The van der Waals surface area contributed by atoms with Gasteiger partial charge in [0.15, 0.2) is 0 Å². The third-order valence-electron chi connectivity index (χ3n) is 3.72. The van der Waals surface area contributed by atoms with Crippen molar-refractivity contribution in [1.29, 1.82) is 0 Å². The van der Waals surface area contributed by atoms with E-state index in [1.807, 2.05) is 6.92 Å². The van der Waals surface area contributed by atoms with Crippen LogP contribution >= 0.6 is 0 Å². The smallest absolute Gasteiger partial charge is 0.240 e. The SMILES string of the molecule is CCN(C)C(=O)C(C)NS(=O)(=O)CCC1CCCCN1. The molecule has 1 rings (SSSR count). The van der Waals surface area contributed by atoms with Crippen molar-refractivity contribution in [3.8, 4) is 0 Å². The van der Waals surface area contributed by atoms with Crippen LogP contribution in [0.4, 0.5) is 0 Å². The number of sulfonamides is 1. The first-order valence-corrected chi connectivity index (χ1v) is 8.99. The van der Waals surface area contributed by atoms with E-state index in [1.165, 1.54) is 4.90 Å². The highest BCUT2D eigenvalue weighted by atomic mass is 32.2. The Hall–Kier alpha value is -0.660. The molecule has 118 valence electrons. The van der Waals surface area contributed by atoms with Gasteiger partial charge in [-0.05, 0) is 39.7 Å². The first-order valence-electron chi connectivity index (χ1n) is 7.34. The molecule has 0 aromatic carbocycles. The van der Waals surface area contributed by atoms with Crippen LogP contribution in [0, 0.1) is 0 Å². The third-order valence-corrected chi connectivity index (χ3v) is 5.21. The van der Waals surface area contributed by atoms with Crippen LogP contribution in [0.1, 0.15) is 39.5 Å². The Morgan fingerprint density at radius 2 is 2.15 bits per heavy atom. The summed E-state index contributed by atoms with van der Waals surface area (Å²) in [6, 6.07) is -0.422. The van der Waals surface area contributed by atoms with Crippen LogP contribution in [0.2, 0.25) is 0 Å². The molecule has 1 aliphatic rings. The minimum Gasteiger partial charge on any atom is -0.345 e. The van der Waals surface area contributed by atoms with Crippen molar-refractivity contribution in [3.05, 3.63) is 0 Å². The summed E-state index contributed by atoms with van der Waals surface area (Å²) in [7, 11) is -1.74. The molecule has 7 heteroatoms. The summed E-state index contributed by atoms with van der Waals surface area (Å²) < 4.78 is 26.4. The van der Waals surface area contributed by atoms with E-state index >= 15 is 0 Å². The number of piperidine rings is 1. The van der Waals surface area contributed by atoms with E-state index in [4.69, 9.17) is 0 Å². The average Bonchev–Trinajstić information content (AvgIpc) is 2.44. The lowest BCUT2D eigenvalue weighted by atomic mass is 10.0. The Morgan fingerprint density at radius 3 is 2.70 bits per heavy atom. The van der Waals surface area contributed by atoms with Crippen molar-refractivity contribution in [2.45, 2.75) is 51.6 Å². The van der Waals surface area contributed by atoms with Crippen LogP contribution in [-0.4, -0.2) is 57.2 Å². The van der Waals surface area contributed by atoms with Gasteiger partial charge >= 0.3 is 0 Å². The number of carbonyl (C=O) groups excluding carboxylic acids is 1. The summed E-state index contributed by atoms with van der Waals surface area (Å²) in [6.07, 6.45) is 3.94. The molecule has 0 aromatic rings. The van der Waals surface area contributed by atoms with E-state index in [2.05, 4.69) is 10.0 Å². The Bertz CT molecular complexity index is 405. The van der Waals surface area contributed by atoms with Crippen molar-refractivity contribution in [2.75, 3.05) is 25.9 Å². The van der Waals surface area contributed by atoms with Crippen molar-refractivity contribution in [1.82, 2.24) is 14.9 Å². The highest BCUT2D eigenvalue weighted by molar-refractivity contribution is 7.89. The Balaban J connectivity index is 2.42. The predicted molar refractivity (Wildman–Crippen MR) is 80.0 cm³/mol. The number of amides is 1. The molecule has 20 heavy (non-hydrogen) atoms. The van der Waals surface area contributed by atoms with Gasteiger partial charge in [0.2, 0.25) is 15.9 Å². The zero-order chi connectivity index (χ0) is 15.2. The van der Waals surface area contributed by atoms with E-state index in [9.17, 15) is 13.2 Å². The summed E-state index contributed by atoms with van der Waals surface area (Å²) >= 11 is 0. The molecule has 0 radical (unpaired) electrons. The first kappa shape index (κ1) is 17.4. The van der Waals surface area contributed by atoms with Crippen molar-refractivity contribution >= 4 is 15.9 Å². The number of rotatable bonds is 7. The number of likely N-dealkylation sites (N-methyl/N-ethyl adjacent to an activating group) is 1. The van der Waals surface area contributed by atoms with E-state index in [-0.39, 0.29) is 17.7 Å². The topological polar surface area (TPSA) is 78.5 Å². The number of hydrogen-bond donors (Lipinski definition) is 2. The largest absolute Gasteiger partial charge is 0.345 e.